The Hall–Kier alpha value is -1.60. The highest BCUT2D eigenvalue weighted by atomic mass is 16.5. The predicted molar refractivity (Wildman–Crippen MR) is 89.4 cm³/mol. The van der Waals surface area contributed by atoms with E-state index in [-0.39, 0.29) is 0 Å². The molecule has 0 fully saturated rings. The zero-order chi connectivity index (χ0) is 15.8. The van der Waals surface area contributed by atoms with Crippen LogP contribution in [0.5, 0.6) is 0 Å². The Kier molecular flexibility index (Phi) is 13.7. The summed E-state index contributed by atoms with van der Waals surface area (Å²) < 4.78 is 5.35. The first-order valence-corrected chi connectivity index (χ1v) is 7.83. The largest absolute Gasteiger partial charge is 0.496 e. The van der Waals surface area contributed by atoms with Crippen molar-refractivity contribution >= 4 is 5.71 Å². The van der Waals surface area contributed by atoms with Crippen LogP contribution >= 0.6 is 0 Å². The summed E-state index contributed by atoms with van der Waals surface area (Å²) in [6.45, 7) is 9.13. The molecule has 0 saturated heterocycles. The lowest BCUT2D eigenvalue weighted by molar-refractivity contribution is 0.286. The maximum Gasteiger partial charge on any atom is 0.106 e. The third-order valence-corrected chi connectivity index (χ3v) is 2.82. The van der Waals surface area contributed by atoms with Crippen molar-refractivity contribution in [1.82, 2.24) is 5.32 Å². The number of allylic oxidation sites excluding steroid dienone is 1. The van der Waals surface area contributed by atoms with Crippen molar-refractivity contribution in [3.63, 3.8) is 0 Å². The Morgan fingerprint density at radius 1 is 1.29 bits per heavy atom. The smallest absolute Gasteiger partial charge is 0.106 e. The maximum atomic E-state index is 8.97. The van der Waals surface area contributed by atoms with Crippen molar-refractivity contribution in [3.8, 4) is 6.07 Å². The molecule has 0 aliphatic heterocycles. The fraction of sp³-hybridized carbons (Fsp3) is 0.647. The van der Waals surface area contributed by atoms with Gasteiger partial charge in [0, 0.05) is 18.8 Å². The van der Waals surface area contributed by atoms with Gasteiger partial charge in [-0.1, -0.05) is 26.7 Å². The van der Waals surface area contributed by atoms with Crippen molar-refractivity contribution in [2.45, 2.75) is 46.5 Å². The van der Waals surface area contributed by atoms with Crippen LogP contribution in [0.4, 0.5) is 0 Å². The van der Waals surface area contributed by atoms with Gasteiger partial charge in [0.05, 0.1) is 17.9 Å². The van der Waals surface area contributed by atoms with E-state index in [2.05, 4.69) is 30.2 Å². The molecule has 0 heterocycles. The lowest BCUT2D eigenvalue weighted by Gasteiger charge is -2.02. The number of ether oxygens (including phenoxy) is 1. The zero-order valence-corrected chi connectivity index (χ0v) is 13.7. The van der Waals surface area contributed by atoms with Gasteiger partial charge in [-0.05, 0) is 38.5 Å². The molecule has 118 valence electrons. The number of hydrogen-bond acceptors (Lipinski definition) is 4. The lowest BCUT2D eigenvalue weighted by atomic mass is 10.3. The molecule has 0 unspecified atom stereocenters. The third-order valence-electron chi connectivity index (χ3n) is 2.82. The van der Waals surface area contributed by atoms with Crippen molar-refractivity contribution in [2.75, 3.05) is 26.2 Å². The van der Waals surface area contributed by atoms with E-state index >= 15 is 0 Å². The van der Waals surface area contributed by atoms with Gasteiger partial charge in [0.2, 0.25) is 0 Å². The molecule has 0 rings (SSSR count). The van der Waals surface area contributed by atoms with Crippen molar-refractivity contribution < 1.29 is 4.74 Å². The Balaban J connectivity index is 3.90. The van der Waals surface area contributed by atoms with Crippen LogP contribution < -0.4 is 5.32 Å². The van der Waals surface area contributed by atoms with E-state index in [1.165, 1.54) is 6.26 Å². The number of rotatable bonds is 12. The molecular formula is C17H29N3O. The molecule has 0 amide bonds. The normalized spacial score (nSPS) is 12.7. The van der Waals surface area contributed by atoms with E-state index in [0.29, 0.717) is 18.7 Å². The number of nitriles is 1. The van der Waals surface area contributed by atoms with Crippen LogP contribution in [0, 0.1) is 11.3 Å². The maximum absolute atomic E-state index is 8.97. The second-order valence-electron chi connectivity index (χ2n) is 4.90. The highest BCUT2D eigenvalue weighted by Gasteiger charge is 1.94. The fourth-order valence-corrected chi connectivity index (χ4v) is 1.52. The topological polar surface area (TPSA) is 57.4 Å². The molecule has 0 bridgehead atoms. The average molecular weight is 291 g/mol. The highest BCUT2D eigenvalue weighted by molar-refractivity contribution is 5.92. The molecule has 0 atom stereocenters. The van der Waals surface area contributed by atoms with Crippen LogP contribution in [-0.4, -0.2) is 32.0 Å². The minimum Gasteiger partial charge on any atom is -0.496 e. The van der Waals surface area contributed by atoms with Gasteiger partial charge in [0.1, 0.15) is 6.61 Å². The highest BCUT2D eigenvalue weighted by Crippen LogP contribution is 1.94. The van der Waals surface area contributed by atoms with Gasteiger partial charge in [0.25, 0.3) is 0 Å². The van der Waals surface area contributed by atoms with Crippen molar-refractivity contribution in [3.05, 3.63) is 24.0 Å². The number of aliphatic imine (C=N–C) groups is 1. The molecule has 21 heavy (non-hydrogen) atoms. The molecule has 4 heteroatoms. The van der Waals surface area contributed by atoms with Crippen LogP contribution in [-0.2, 0) is 4.74 Å². The summed E-state index contributed by atoms with van der Waals surface area (Å²) in [4.78, 5) is 4.42. The summed E-state index contributed by atoms with van der Waals surface area (Å²) in [5.41, 5.74) is 1.63. The molecule has 0 spiro atoms. The number of nitrogens with one attached hydrogen (secondary N) is 1. The van der Waals surface area contributed by atoms with Gasteiger partial charge in [0.15, 0.2) is 0 Å². The zero-order valence-electron chi connectivity index (χ0n) is 13.7. The molecule has 0 aromatic carbocycles. The van der Waals surface area contributed by atoms with E-state index in [1.54, 1.807) is 0 Å². The van der Waals surface area contributed by atoms with Gasteiger partial charge in [-0.2, -0.15) is 5.26 Å². The van der Waals surface area contributed by atoms with Crippen LogP contribution in [0.15, 0.2) is 29.0 Å². The molecule has 0 radical (unpaired) electrons. The van der Waals surface area contributed by atoms with Gasteiger partial charge < -0.3 is 10.1 Å². The SMILES string of the molecule is CCCC/N=C(C)/C=C/CO/C=C(\C#N)CNCCCC. The Bertz CT molecular complexity index is 378. The molecule has 1 N–H and O–H groups in total. The molecule has 0 aromatic heterocycles. The van der Waals surface area contributed by atoms with Gasteiger partial charge in [-0.3, -0.25) is 4.99 Å². The predicted octanol–water partition coefficient (Wildman–Crippen LogP) is 3.62. The molecule has 0 aliphatic carbocycles. The minimum atomic E-state index is 0.459. The Morgan fingerprint density at radius 2 is 2.05 bits per heavy atom. The first-order valence-electron chi connectivity index (χ1n) is 7.83. The minimum absolute atomic E-state index is 0.459. The van der Waals surface area contributed by atoms with Crippen LogP contribution in [0.3, 0.4) is 0 Å². The van der Waals surface area contributed by atoms with Crippen LogP contribution in [0.2, 0.25) is 0 Å². The average Bonchev–Trinajstić information content (AvgIpc) is 2.49. The van der Waals surface area contributed by atoms with Gasteiger partial charge >= 0.3 is 0 Å². The summed E-state index contributed by atoms with van der Waals surface area (Å²) in [5, 5.41) is 12.2. The van der Waals surface area contributed by atoms with E-state index in [0.717, 1.165) is 44.5 Å². The summed E-state index contributed by atoms with van der Waals surface area (Å²) in [5.74, 6) is 0. The van der Waals surface area contributed by atoms with E-state index < -0.39 is 0 Å². The van der Waals surface area contributed by atoms with E-state index in [4.69, 9.17) is 10.00 Å². The standard InChI is InChI=1S/C17H29N3O/c1-4-6-10-19-14-17(13-18)15-21-12-8-9-16(3)20-11-7-5-2/h8-9,15,19H,4-7,10-12,14H2,1-3H3/b9-8+,17-15+,20-16+. The van der Waals surface area contributed by atoms with Gasteiger partial charge in [-0.25, -0.2) is 0 Å². The Labute approximate surface area is 129 Å². The van der Waals surface area contributed by atoms with E-state index in [1.807, 2.05) is 19.1 Å². The lowest BCUT2D eigenvalue weighted by Crippen LogP contribution is -2.17. The second kappa shape index (κ2) is 14.8. The number of unbranched alkanes of at least 4 members (excludes halogenated alkanes) is 2. The molecule has 0 aliphatic rings. The number of nitrogens with zero attached hydrogens (tertiary/aromatic N) is 2. The first kappa shape index (κ1) is 19.4. The monoisotopic (exact) mass is 291 g/mol. The molecule has 0 saturated carbocycles. The van der Waals surface area contributed by atoms with Crippen molar-refractivity contribution in [2.24, 2.45) is 4.99 Å². The van der Waals surface area contributed by atoms with Gasteiger partial charge in [-0.15, -0.1) is 0 Å². The van der Waals surface area contributed by atoms with Crippen LogP contribution in [0.25, 0.3) is 0 Å². The third kappa shape index (κ3) is 13.1. The first-order chi connectivity index (χ1) is 10.2. The van der Waals surface area contributed by atoms with E-state index in [9.17, 15) is 0 Å². The summed E-state index contributed by atoms with van der Waals surface area (Å²) in [6.07, 6.45) is 9.97. The molecule has 0 aromatic rings. The molecular weight excluding hydrogens is 262 g/mol. The summed E-state index contributed by atoms with van der Waals surface area (Å²) in [6, 6.07) is 2.14. The second-order valence-corrected chi connectivity index (χ2v) is 4.90. The number of hydrogen-bond donors (Lipinski definition) is 1. The fourth-order valence-electron chi connectivity index (χ4n) is 1.52. The van der Waals surface area contributed by atoms with Crippen molar-refractivity contribution in [1.29, 1.82) is 5.26 Å². The quantitative estimate of drug-likeness (QED) is 0.258. The Morgan fingerprint density at radius 3 is 2.71 bits per heavy atom. The van der Waals surface area contributed by atoms with Crippen LogP contribution in [0.1, 0.15) is 46.5 Å². The molecule has 4 nitrogen and oxygen atoms in total. The summed E-state index contributed by atoms with van der Waals surface area (Å²) >= 11 is 0. The summed E-state index contributed by atoms with van der Waals surface area (Å²) in [7, 11) is 0.